The topological polar surface area (TPSA) is 80.9 Å². The van der Waals surface area contributed by atoms with Crippen LogP contribution in [0.1, 0.15) is 24.4 Å². The van der Waals surface area contributed by atoms with E-state index in [9.17, 15) is 13.6 Å². The van der Waals surface area contributed by atoms with Crippen molar-refractivity contribution in [2.24, 2.45) is 0 Å². The van der Waals surface area contributed by atoms with Crippen LogP contribution >= 0.6 is 0 Å². The molecule has 6 nitrogen and oxygen atoms in total. The van der Waals surface area contributed by atoms with Crippen molar-refractivity contribution in [3.63, 3.8) is 0 Å². The van der Waals surface area contributed by atoms with Crippen molar-refractivity contribution in [3.05, 3.63) is 41.2 Å². The lowest BCUT2D eigenvalue weighted by Gasteiger charge is -2.09. The number of halogens is 2. The highest BCUT2D eigenvalue weighted by Gasteiger charge is 2.21. The Morgan fingerprint density at radius 2 is 2.05 bits per heavy atom. The summed E-state index contributed by atoms with van der Waals surface area (Å²) in [6.07, 6.45) is -0.219. The van der Waals surface area contributed by atoms with E-state index >= 15 is 0 Å². The number of carboxylic acid groups (broad SMARTS) is 1. The van der Waals surface area contributed by atoms with Gasteiger partial charge in [-0.25, -0.2) is 18.3 Å². The van der Waals surface area contributed by atoms with Crippen LogP contribution in [0.15, 0.2) is 18.2 Å². The first kappa shape index (κ1) is 13.1. The Morgan fingerprint density at radius 1 is 1.42 bits per heavy atom. The Kier molecular flexibility index (Phi) is 3.50. The normalized spacial score (nSPS) is 12.4. The number of hydrogen-bond acceptors (Lipinski definition) is 4. The van der Waals surface area contributed by atoms with Gasteiger partial charge in [0, 0.05) is 12.0 Å². The Bertz CT molecular complexity index is 594. The second-order valence-electron chi connectivity index (χ2n) is 3.93. The number of rotatable bonds is 4. The first-order valence-electron chi connectivity index (χ1n) is 5.43. The molecule has 0 fully saturated rings. The Morgan fingerprint density at radius 3 is 2.63 bits per heavy atom. The highest BCUT2D eigenvalue weighted by Crippen LogP contribution is 2.17. The molecule has 1 aromatic carbocycles. The molecular formula is C11H10F2N4O2. The first-order chi connectivity index (χ1) is 9.00. The molecule has 1 unspecified atom stereocenters. The largest absolute Gasteiger partial charge is 0.480 e. The van der Waals surface area contributed by atoms with E-state index < -0.39 is 23.6 Å². The average molecular weight is 268 g/mol. The van der Waals surface area contributed by atoms with Gasteiger partial charge in [0.2, 0.25) is 0 Å². The van der Waals surface area contributed by atoms with Crippen LogP contribution in [0, 0.1) is 11.6 Å². The molecule has 0 bridgehead atoms. The fourth-order valence-corrected chi connectivity index (χ4v) is 1.59. The number of hydrogen-bond donors (Lipinski definition) is 1. The maximum atomic E-state index is 13.5. The summed E-state index contributed by atoms with van der Waals surface area (Å²) < 4.78 is 28.0. The van der Waals surface area contributed by atoms with Crippen LogP contribution in [0.2, 0.25) is 0 Å². The molecule has 0 amide bonds. The third-order valence-corrected chi connectivity index (χ3v) is 2.68. The van der Waals surface area contributed by atoms with Crippen LogP contribution in [-0.2, 0) is 11.2 Å². The minimum absolute atomic E-state index is 0.0823. The molecular weight excluding hydrogens is 258 g/mol. The number of tetrazole rings is 1. The van der Waals surface area contributed by atoms with Crippen LogP contribution in [0.4, 0.5) is 8.78 Å². The predicted molar refractivity (Wildman–Crippen MR) is 59.3 cm³/mol. The molecule has 0 spiro atoms. The Labute approximate surface area is 106 Å². The highest BCUT2D eigenvalue weighted by molar-refractivity contribution is 5.71. The van der Waals surface area contributed by atoms with Gasteiger partial charge in [-0.3, -0.25) is 0 Å². The lowest BCUT2D eigenvalue weighted by molar-refractivity contribution is -0.140. The molecule has 0 saturated carbocycles. The third kappa shape index (κ3) is 2.56. The fraction of sp³-hybridized carbons (Fsp3) is 0.273. The van der Waals surface area contributed by atoms with E-state index in [1.807, 2.05) is 0 Å². The van der Waals surface area contributed by atoms with E-state index in [0.717, 1.165) is 16.8 Å². The van der Waals surface area contributed by atoms with E-state index in [2.05, 4.69) is 15.5 Å². The van der Waals surface area contributed by atoms with Crippen LogP contribution in [0.3, 0.4) is 0 Å². The molecule has 1 heterocycles. The van der Waals surface area contributed by atoms with Crippen LogP contribution in [0.5, 0.6) is 0 Å². The number of nitrogens with zero attached hydrogens (tertiary/aromatic N) is 4. The SMILES string of the molecule is CC(C(=O)O)n1nnnc1Cc1c(F)cccc1F. The fourth-order valence-electron chi connectivity index (χ4n) is 1.59. The van der Waals surface area contributed by atoms with Crippen molar-refractivity contribution in [1.82, 2.24) is 20.2 Å². The molecule has 19 heavy (non-hydrogen) atoms. The van der Waals surface area contributed by atoms with Gasteiger partial charge in [0.1, 0.15) is 17.7 Å². The molecule has 1 aromatic heterocycles. The van der Waals surface area contributed by atoms with E-state index in [4.69, 9.17) is 5.11 Å². The zero-order chi connectivity index (χ0) is 14.0. The first-order valence-corrected chi connectivity index (χ1v) is 5.43. The molecule has 2 rings (SSSR count). The molecule has 0 radical (unpaired) electrons. The summed E-state index contributed by atoms with van der Waals surface area (Å²) in [6.45, 7) is 1.37. The molecule has 1 N–H and O–H groups in total. The van der Waals surface area contributed by atoms with Gasteiger partial charge in [-0.15, -0.1) is 5.10 Å². The van der Waals surface area contributed by atoms with Gasteiger partial charge in [-0.1, -0.05) is 6.07 Å². The lowest BCUT2D eigenvalue weighted by atomic mass is 10.1. The van der Waals surface area contributed by atoms with Crippen LogP contribution in [0.25, 0.3) is 0 Å². The molecule has 100 valence electrons. The zero-order valence-corrected chi connectivity index (χ0v) is 9.92. The zero-order valence-electron chi connectivity index (χ0n) is 9.92. The van der Waals surface area contributed by atoms with Gasteiger partial charge in [0.15, 0.2) is 5.82 Å². The van der Waals surface area contributed by atoms with Crippen molar-refractivity contribution < 1.29 is 18.7 Å². The summed E-state index contributed by atoms with van der Waals surface area (Å²) in [5.41, 5.74) is -0.198. The van der Waals surface area contributed by atoms with E-state index in [0.29, 0.717) is 0 Å². The quantitative estimate of drug-likeness (QED) is 0.900. The number of aromatic nitrogens is 4. The third-order valence-electron chi connectivity index (χ3n) is 2.68. The molecule has 0 saturated heterocycles. The molecule has 1 atom stereocenters. The highest BCUT2D eigenvalue weighted by atomic mass is 19.1. The standard InChI is InChI=1S/C11H10F2N4O2/c1-6(11(18)19)17-10(14-15-16-17)5-7-8(12)3-2-4-9(7)13/h2-4,6H,5H2,1H3,(H,18,19). The maximum absolute atomic E-state index is 13.5. The Balaban J connectivity index is 2.35. The van der Waals surface area contributed by atoms with Crippen molar-refractivity contribution in [2.45, 2.75) is 19.4 Å². The van der Waals surface area contributed by atoms with Gasteiger partial charge in [0.05, 0.1) is 0 Å². The van der Waals surface area contributed by atoms with E-state index in [1.54, 1.807) is 0 Å². The van der Waals surface area contributed by atoms with Crippen molar-refractivity contribution in [1.29, 1.82) is 0 Å². The van der Waals surface area contributed by atoms with Crippen molar-refractivity contribution >= 4 is 5.97 Å². The minimum Gasteiger partial charge on any atom is -0.480 e. The molecule has 0 aliphatic rings. The minimum atomic E-state index is -1.14. The maximum Gasteiger partial charge on any atom is 0.328 e. The van der Waals surface area contributed by atoms with Gasteiger partial charge in [-0.05, 0) is 29.5 Å². The summed E-state index contributed by atoms with van der Waals surface area (Å²) in [5, 5.41) is 19.3. The monoisotopic (exact) mass is 268 g/mol. The molecule has 0 aliphatic carbocycles. The molecule has 8 heteroatoms. The summed E-state index contributed by atoms with van der Waals surface area (Å²) in [5.74, 6) is -2.50. The molecule has 2 aromatic rings. The van der Waals surface area contributed by atoms with Gasteiger partial charge < -0.3 is 5.11 Å². The number of aliphatic carboxylic acids is 1. The number of carbonyl (C=O) groups is 1. The second-order valence-corrected chi connectivity index (χ2v) is 3.93. The van der Waals surface area contributed by atoms with Crippen LogP contribution in [-0.4, -0.2) is 31.3 Å². The van der Waals surface area contributed by atoms with Crippen molar-refractivity contribution in [3.8, 4) is 0 Å². The lowest BCUT2D eigenvalue weighted by Crippen LogP contribution is -2.20. The van der Waals surface area contributed by atoms with Gasteiger partial charge in [-0.2, -0.15) is 0 Å². The Hall–Kier alpha value is -2.38. The summed E-state index contributed by atoms with van der Waals surface area (Å²) in [7, 11) is 0. The molecule has 0 aliphatic heterocycles. The van der Waals surface area contributed by atoms with Crippen LogP contribution < -0.4 is 0 Å². The number of benzene rings is 1. The number of carboxylic acids is 1. The predicted octanol–water partition coefficient (Wildman–Crippen LogP) is 1.19. The van der Waals surface area contributed by atoms with Gasteiger partial charge in [0.25, 0.3) is 0 Å². The smallest absolute Gasteiger partial charge is 0.328 e. The van der Waals surface area contributed by atoms with Crippen molar-refractivity contribution in [2.75, 3.05) is 0 Å². The summed E-state index contributed by atoms with van der Waals surface area (Å²) in [4.78, 5) is 10.9. The second kappa shape index (κ2) is 5.09. The van der Waals surface area contributed by atoms with E-state index in [1.165, 1.54) is 13.0 Å². The van der Waals surface area contributed by atoms with Gasteiger partial charge >= 0.3 is 5.97 Å². The summed E-state index contributed by atoms with van der Waals surface area (Å²) in [6, 6.07) is 2.47. The van der Waals surface area contributed by atoms with E-state index in [-0.39, 0.29) is 17.8 Å². The average Bonchev–Trinajstić information content (AvgIpc) is 2.81. The summed E-state index contributed by atoms with van der Waals surface area (Å²) >= 11 is 0.